The van der Waals surface area contributed by atoms with Crippen LogP contribution in [0.3, 0.4) is 0 Å². The molecule has 1 aliphatic carbocycles. The number of ether oxygens (including phenoxy) is 1. The molecule has 1 unspecified atom stereocenters. The highest BCUT2D eigenvalue weighted by Gasteiger charge is 2.51. The minimum Gasteiger partial charge on any atom is -0.457 e. The quantitative estimate of drug-likeness (QED) is 0.191. The summed E-state index contributed by atoms with van der Waals surface area (Å²) in [7, 11) is 0. The maximum atomic E-state index is 9.72. The second-order valence-corrected chi connectivity index (χ2v) is 14.8. The van der Waals surface area contributed by atoms with Crippen LogP contribution in [0.4, 0.5) is 0 Å². The SMILES string of the molecule is N#Cc1ccc(-c2cc3c(cc2-c2ccc(C4N=C(c5ccccc5)N=C(c5ccccc5)N4)cc2)-c2ccccc2C32c3ccccc3Oc3ccccc32)cc1. The molecule has 3 aliphatic rings. The molecule has 0 bridgehead atoms. The third kappa shape index (κ3) is 5.23. The van der Waals surface area contributed by atoms with Crippen LogP contribution in [-0.4, -0.2) is 11.7 Å². The van der Waals surface area contributed by atoms with Gasteiger partial charge in [0.25, 0.3) is 0 Å². The van der Waals surface area contributed by atoms with Gasteiger partial charge in [-0.2, -0.15) is 5.26 Å². The monoisotopic (exact) mass is 742 g/mol. The van der Waals surface area contributed by atoms with Crippen molar-refractivity contribution in [2.45, 2.75) is 11.6 Å². The van der Waals surface area contributed by atoms with Crippen LogP contribution < -0.4 is 10.1 Å². The third-order valence-electron chi connectivity index (χ3n) is 11.7. The van der Waals surface area contributed by atoms with Crippen molar-refractivity contribution in [3.8, 4) is 50.9 Å². The zero-order valence-electron chi connectivity index (χ0n) is 31.3. The first-order chi connectivity index (χ1) is 28.7. The van der Waals surface area contributed by atoms with E-state index in [0.29, 0.717) is 11.4 Å². The van der Waals surface area contributed by atoms with Crippen LogP contribution in [-0.2, 0) is 5.41 Å². The minimum atomic E-state index is -0.597. The summed E-state index contributed by atoms with van der Waals surface area (Å²) in [5.74, 6) is 3.20. The van der Waals surface area contributed by atoms with Crippen LogP contribution in [0.25, 0.3) is 33.4 Å². The van der Waals surface area contributed by atoms with Gasteiger partial charge in [0.1, 0.15) is 23.5 Å². The fraction of sp³-hybridized carbons (Fsp3) is 0.0377. The van der Waals surface area contributed by atoms with E-state index in [1.165, 1.54) is 22.3 Å². The molecule has 272 valence electrons. The molecule has 8 aromatic rings. The first-order valence-corrected chi connectivity index (χ1v) is 19.5. The van der Waals surface area contributed by atoms with Crippen molar-refractivity contribution in [3.63, 3.8) is 0 Å². The molecule has 8 aromatic carbocycles. The van der Waals surface area contributed by atoms with Crippen LogP contribution in [0, 0.1) is 11.3 Å². The normalized spacial score (nSPS) is 15.3. The molecule has 5 heteroatoms. The van der Waals surface area contributed by atoms with Gasteiger partial charge in [-0.05, 0) is 86.5 Å². The Morgan fingerprint density at radius 1 is 0.483 bits per heavy atom. The Balaban J connectivity index is 1.09. The van der Waals surface area contributed by atoms with Gasteiger partial charge < -0.3 is 10.1 Å². The second kappa shape index (κ2) is 13.4. The van der Waals surface area contributed by atoms with Gasteiger partial charge >= 0.3 is 0 Å². The minimum absolute atomic E-state index is 0.338. The number of amidine groups is 2. The van der Waals surface area contributed by atoms with Crippen LogP contribution in [0.5, 0.6) is 11.5 Å². The molecule has 1 N–H and O–H groups in total. The number of rotatable bonds is 5. The lowest BCUT2D eigenvalue weighted by Crippen LogP contribution is -2.33. The summed E-state index contributed by atoms with van der Waals surface area (Å²) in [4.78, 5) is 10.1. The maximum Gasteiger partial charge on any atom is 0.159 e. The van der Waals surface area contributed by atoms with Gasteiger partial charge in [0.2, 0.25) is 0 Å². The van der Waals surface area contributed by atoms with E-state index >= 15 is 0 Å². The molecule has 0 radical (unpaired) electrons. The summed E-state index contributed by atoms with van der Waals surface area (Å²) in [6, 6.07) is 69.8. The Labute approximate surface area is 336 Å². The highest BCUT2D eigenvalue weighted by atomic mass is 16.5. The predicted octanol–water partition coefficient (Wildman–Crippen LogP) is 11.9. The maximum absolute atomic E-state index is 9.72. The number of hydrogen-bond acceptors (Lipinski definition) is 5. The molecular weight excluding hydrogens is 709 g/mol. The lowest BCUT2D eigenvalue weighted by Gasteiger charge is -2.39. The number of benzene rings is 8. The van der Waals surface area contributed by atoms with E-state index in [0.717, 1.165) is 67.4 Å². The van der Waals surface area contributed by atoms with E-state index in [-0.39, 0.29) is 6.17 Å². The molecule has 2 heterocycles. The number of fused-ring (bicyclic) bond motifs is 9. The average Bonchev–Trinajstić information content (AvgIpc) is 3.58. The molecular formula is C53H34N4O. The highest BCUT2D eigenvalue weighted by molar-refractivity contribution is 6.13. The van der Waals surface area contributed by atoms with Crippen LogP contribution in [0.1, 0.15) is 50.7 Å². The summed E-state index contributed by atoms with van der Waals surface area (Å²) < 4.78 is 6.60. The Morgan fingerprint density at radius 3 is 1.69 bits per heavy atom. The molecule has 1 spiro atoms. The van der Waals surface area contributed by atoms with Crippen LogP contribution >= 0.6 is 0 Å². The zero-order chi connectivity index (χ0) is 38.6. The molecule has 0 aromatic heterocycles. The molecule has 0 saturated carbocycles. The van der Waals surface area contributed by atoms with Crippen molar-refractivity contribution < 1.29 is 4.74 Å². The largest absolute Gasteiger partial charge is 0.457 e. The summed E-state index contributed by atoms with van der Waals surface area (Å²) in [6.45, 7) is 0. The molecule has 5 nitrogen and oxygen atoms in total. The van der Waals surface area contributed by atoms with Gasteiger partial charge in [-0.1, -0.05) is 158 Å². The van der Waals surface area contributed by atoms with Gasteiger partial charge in [-0.25, -0.2) is 9.98 Å². The Bertz CT molecular complexity index is 2950. The van der Waals surface area contributed by atoms with E-state index in [2.05, 4.69) is 145 Å². The van der Waals surface area contributed by atoms with Crippen LogP contribution in [0.2, 0.25) is 0 Å². The van der Waals surface area contributed by atoms with E-state index in [4.69, 9.17) is 14.7 Å². The molecule has 0 amide bonds. The van der Waals surface area contributed by atoms with E-state index in [1.807, 2.05) is 60.7 Å². The van der Waals surface area contributed by atoms with Crippen molar-refractivity contribution in [2.24, 2.45) is 9.98 Å². The van der Waals surface area contributed by atoms with Crippen molar-refractivity contribution in [1.82, 2.24) is 5.32 Å². The summed E-state index contributed by atoms with van der Waals surface area (Å²) in [5.41, 5.74) is 14.4. The van der Waals surface area contributed by atoms with Crippen molar-refractivity contribution >= 4 is 11.7 Å². The predicted molar refractivity (Wildman–Crippen MR) is 231 cm³/mol. The van der Waals surface area contributed by atoms with E-state index < -0.39 is 5.41 Å². The second-order valence-electron chi connectivity index (χ2n) is 14.8. The van der Waals surface area contributed by atoms with Crippen molar-refractivity contribution in [1.29, 1.82) is 5.26 Å². The lowest BCUT2D eigenvalue weighted by atomic mass is 9.65. The first-order valence-electron chi connectivity index (χ1n) is 19.5. The van der Waals surface area contributed by atoms with Crippen LogP contribution in [0.15, 0.2) is 204 Å². The fourth-order valence-corrected chi connectivity index (χ4v) is 9.02. The molecule has 58 heavy (non-hydrogen) atoms. The Morgan fingerprint density at radius 2 is 1.03 bits per heavy atom. The van der Waals surface area contributed by atoms with Gasteiger partial charge in [0.05, 0.1) is 17.0 Å². The van der Waals surface area contributed by atoms with E-state index in [1.54, 1.807) is 0 Å². The third-order valence-corrected chi connectivity index (χ3v) is 11.7. The Hall–Kier alpha value is -7.81. The standard InChI is InChI=1S/C53H34N4O/c54-33-34-23-25-35(26-24-34)42-32-47-43(40-17-7-8-18-44(40)53(47)45-19-9-11-21-48(45)58-49-22-12-10-20-46(49)53)31-41(42)36-27-29-39(30-28-36)52-56-50(37-13-3-1-4-14-37)55-51(57-52)38-15-5-2-6-16-38/h1-32,52H,(H,55,56,57). The lowest BCUT2D eigenvalue weighted by molar-refractivity contribution is 0.436. The zero-order valence-corrected chi connectivity index (χ0v) is 31.3. The van der Waals surface area contributed by atoms with Gasteiger partial charge in [-0.3, -0.25) is 0 Å². The van der Waals surface area contributed by atoms with E-state index in [9.17, 15) is 5.26 Å². The number of nitrogens with zero attached hydrogens (tertiary/aromatic N) is 3. The van der Waals surface area contributed by atoms with Crippen molar-refractivity contribution in [2.75, 3.05) is 0 Å². The van der Waals surface area contributed by atoms with Gasteiger partial charge in [-0.15, -0.1) is 0 Å². The number of nitriles is 1. The number of para-hydroxylation sites is 2. The average molecular weight is 743 g/mol. The molecule has 2 aliphatic heterocycles. The van der Waals surface area contributed by atoms with Gasteiger partial charge in [0, 0.05) is 22.3 Å². The Kier molecular flexibility index (Phi) is 7.77. The first kappa shape index (κ1) is 33.5. The molecule has 1 atom stereocenters. The smallest absolute Gasteiger partial charge is 0.159 e. The van der Waals surface area contributed by atoms with Crippen molar-refractivity contribution in [3.05, 3.63) is 239 Å². The molecule has 0 fully saturated rings. The number of aliphatic imine (C=N–C) groups is 2. The topological polar surface area (TPSA) is 69.8 Å². The van der Waals surface area contributed by atoms with Gasteiger partial charge in [0.15, 0.2) is 5.84 Å². The highest BCUT2D eigenvalue weighted by Crippen LogP contribution is 2.63. The molecule has 0 saturated heterocycles. The summed E-state index contributed by atoms with van der Waals surface area (Å²) >= 11 is 0. The number of hydrogen-bond donors (Lipinski definition) is 1. The summed E-state index contributed by atoms with van der Waals surface area (Å²) in [6.07, 6.45) is -0.338. The summed E-state index contributed by atoms with van der Waals surface area (Å²) in [5, 5.41) is 13.3. The fourth-order valence-electron chi connectivity index (χ4n) is 9.02. The molecule has 11 rings (SSSR count). The number of nitrogens with one attached hydrogen (secondary N) is 1.